The lowest BCUT2D eigenvalue weighted by Crippen LogP contribution is -2.20. The van der Waals surface area contributed by atoms with Crippen LogP contribution in [0.2, 0.25) is 0 Å². The number of nitrogens with one attached hydrogen (secondary N) is 1. The van der Waals surface area contributed by atoms with Crippen molar-refractivity contribution in [2.45, 2.75) is 43.4 Å². The van der Waals surface area contributed by atoms with Crippen molar-refractivity contribution in [1.82, 2.24) is 24.5 Å². The Balaban J connectivity index is 1.40. The first kappa shape index (κ1) is 17.5. The Hall–Kier alpha value is -1.88. The molecule has 0 aromatic carbocycles. The number of sulfone groups is 1. The van der Waals surface area contributed by atoms with Crippen molar-refractivity contribution in [3.05, 3.63) is 18.1 Å². The predicted octanol–water partition coefficient (Wildman–Crippen LogP) is 1.21. The highest BCUT2D eigenvalue weighted by molar-refractivity contribution is 7.99. The first-order valence-electron chi connectivity index (χ1n) is 8.50. The molecule has 2 fully saturated rings. The molecule has 1 atom stereocenters. The summed E-state index contributed by atoms with van der Waals surface area (Å²) in [5.41, 5.74) is 0.741. The maximum atomic E-state index is 12.4. The standard InChI is InChI=1S/C15H20N6O3S2/c1-10-6-13(21(19-10)12-4-5-26(23,24)8-12)17-14(22)7-25-15-18-16-9-20(15)11-2-3-11/h6,9,11-12H,2-5,7-8H2,1H3,(H,17,22). The van der Waals surface area contributed by atoms with E-state index in [0.717, 1.165) is 23.7 Å². The molecule has 3 heterocycles. The molecule has 1 unspecified atom stereocenters. The minimum atomic E-state index is -3.02. The number of rotatable bonds is 6. The van der Waals surface area contributed by atoms with E-state index in [4.69, 9.17) is 0 Å². The maximum absolute atomic E-state index is 12.4. The molecule has 1 N–H and O–H groups in total. The Labute approximate surface area is 155 Å². The van der Waals surface area contributed by atoms with Gasteiger partial charge in [-0.15, -0.1) is 10.2 Å². The Kier molecular flexibility index (Phi) is 4.51. The minimum Gasteiger partial charge on any atom is -0.310 e. The molecule has 1 saturated heterocycles. The highest BCUT2D eigenvalue weighted by Gasteiger charge is 2.31. The zero-order valence-corrected chi connectivity index (χ0v) is 16.0. The molecular formula is C15H20N6O3S2. The van der Waals surface area contributed by atoms with E-state index in [1.807, 2.05) is 11.5 Å². The molecular weight excluding hydrogens is 376 g/mol. The fraction of sp³-hybridized carbons (Fsp3) is 0.600. The number of nitrogens with zero attached hydrogens (tertiary/aromatic N) is 5. The summed E-state index contributed by atoms with van der Waals surface area (Å²) in [5.74, 6) is 0.798. The van der Waals surface area contributed by atoms with Gasteiger partial charge in [0, 0.05) is 12.1 Å². The molecule has 1 saturated carbocycles. The first-order valence-corrected chi connectivity index (χ1v) is 11.3. The molecule has 9 nitrogen and oxygen atoms in total. The third-order valence-corrected chi connectivity index (χ3v) is 7.20. The number of carbonyl (C=O) groups is 1. The highest BCUT2D eigenvalue weighted by atomic mass is 32.2. The summed E-state index contributed by atoms with van der Waals surface area (Å²) in [6, 6.07) is 2.00. The van der Waals surface area contributed by atoms with Gasteiger partial charge in [-0.1, -0.05) is 11.8 Å². The summed E-state index contributed by atoms with van der Waals surface area (Å²) in [7, 11) is -3.02. The average molecular weight is 396 g/mol. The van der Waals surface area contributed by atoms with Gasteiger partial charge in [-0.3, -0.25) is 4.79 Å². The van der Waals surface area contributed by atoms with E-state index in [0.29, 0.717) is 18.3 Å². The lowest BCUT2D eigenvalue weighted by atomic mass is 10.3. The van der Waals surface area contributed by atoms with Crippen molar-refractivity contribution in [3.8, 4) is 0 Å². The summed E-state index contributed by atoms with van der Waals surface area (Å²) in [6.07, 6.45) is 4.48. The molecule has 0 bridgehead atoms. The van der Waals surface area contributed by atoms with Crippen LogP contribution >= 0.6 is 11.8 Å². The van der Waals surface area contributed by atoms with Crippen molar-refractivity contribution in [1.29, 1.82) is 0 Å². The van der Waals surface area contributed by atoms with Crippen LogP contribution in [-0.4, -0.2) is 56.1 Å². The average Bonchev–Trinajstić information content (AvgIpc) is 3.03. The van der Waals surface area contributed by atoms with Crippen LogP contribution in [-0.2, 0) is 14.6 Å². The van der Waals surface area contributed by atoms with Crippen LogP contribution in [0, 0.1) is 6.92 Å². The van der Waals surface area contributed by atoms with Gasteiger partial charge in [0.25, 0.3) is 0 Å². The van der Waals surface area contributed by atoms with E-state index in [1.54, 1.807) is 17.1 Å². The fourth-order valence-electron chi connectivity index (χ4n) is 3.10. The second-order valence-corrected chi connectivity index (χ2v) is 9.93. The van der Waals surface area contributed by atoms with Gasteiger partial charge >= 0.3 is 0 Å². The second kappa shape index (κ2) is 6.69. The van der Waals surface area contributed by atoms with E-state index in [1.165, 1.54) is 11.8 Å². The minimum absolute atomic E-state index is 0.0657. The Morgan fingerprint density at radius 1 is 1.35 bits per heavy atom. The number of carbonyl (C=O) groups excluding carboxylic acids is 1. The number of hydrogen-bond acceptors (Lipinski definition) is 7. The van der Waals surface area contributed by atoms with Crippen molar-refractivity contribution in [2.24, 2.45) is 0 Å². The third kappa shape index (κ3) is 3.78. The van der Waals surface area contributed by atoms with E-state index in [2.05, 4.69) is 20.6 Å². The van der Waals surface area contributed by atoms with Gasteiger partial charge in [0.15, 0.2) is 15.0 Å². The summed E-state index contributed by atoms with van der Waals surface area (Å²) in [4.78, 5) is 12.4. The van der Waals surface area contributed by atoms with Gasteiger partial charge in [-0.2, -0.15) is 5.10 Å². The van der Waals surface area contributed by atoms with Gasteiger partial charge < -0.3 is 9.88 Å². The zero-order chi connectivity index (χ0) is 18.3. The number of thioether (sulfide) groups is 1. The number of aryl methyl sites for hydroxylation is 1. The van der Waals surface area contributed by atoms with Crippen LogP contribution in [0.25, 0.3) is 0 Å². The number of anilines is 1. The van der Waals surface area contributed by atoms with Gasteiger partial charge in [-0.05, 0) is 26.2 Å². The van der Waals surface area contributed by atoms with Crippen molar-refractivity contribution in [3.63, 3.8) is 0 Å². The molecule has 140 valence electrons. The number of amides is 1. The second-order valence-electron chi connectivity index (χ2n) is 6.76. The lowest BCUT2D eigenvalue weighted by molar-refractivity contribution is -0.113. The number of hydrogen-bond donors (Lipinski definition) is 1. The molecule has 11 heteroatoms. The highest BCUT2D eigenvalue weighted by Crippen LogP contribution is 2.37. The fourth-order valence-corrected chi connectivity index (χ4v) is 5.58. The summed E-state index contributed by atoms with van der Waals surface area (Å²) in [5, 5.41) is 16.0. The van der Waals surface area contributed by atoms with Crippen molar-refractivity contribution in [2.75, 3.05) is 22.6 Å². The summed E-state index contributed by atoms with van der Waals surface area (Å²) in [6.45, 7) is 1.82. The van der Waals surface area contributed by atoms with Gasteiger partial charge in [-0.25, -0.2) is 13.1 Å². The summed E-state index contributed by atoms with van der Waals surface area (Å²) >= 11 is 1.35. The molecule has 0 spiro atoms. The number of aromatic nitrogens is 5. The van der Waals surface area contributed by atoms with Crippen molar-refractivity contribution >= 4 is 33.3 Å². The summed E-state index contributed by atoms with van der Waals surface area (Å²) < 4.78 is 27.1. The van der Waals surface area contributed by atoms with Gasteiger partial charge in [0.1, 0.15) is 12.1 Å². The maximum Gasteiger partial charge on any atom is 0.235 e. The predicted molar refractivity (Wildman–Crippen MR) is 96.9 cm³/mol. The van der Waals surface area contributed by atoms with Crippen LogP contribution in [0.4, 0.5) is 5.82 Å². The van der Waals surface area contributed by atoms with Crippen LogP contribution in [0.5, 0.6) is 0 Å². The molecule has 2 aliphatic rings. The van der Waals surface area contributed by atoms with E-state index in [-0.39, 0.29) is 29.2 Å². The zero-order valence-electron chi connectivity index (χ0n) is 14.3. The Bertz CT molecular complexity index is 931. The third-order valence-electron chi connectivity index (χ3n) is 4.49. The molecule has 2 aromatic rings. The van der Waals surface area contributed by atoms with Gasteiger partial charge in [0.2, 0.25) is 5.91 Å². The molecule has 2 aromatic heterocycles. The molecule has 4 rings (SSSR count). The topological polar surface area (TPSA) is 112 Å². The SMILES string of the molecule is Cc1cc(NC(=O)CSc2nncn2C2CC2)n(C2CCS(=O)(=O)C2)n1. The van der Waals surface area contributed by atoms with Crippen LogP contribution in [0.15, 0.2) is 17.6 Å². The van der Waals surface area contributed by atoms with Gasteiger partial charge in [0.05, 0.1) is 29.0 Å². The molecule has 26 heavy (non-hydrogen) atoms. The monoisotopic (exact) mass is 396 g/mol. The lowest BCUT2D eigenvalue weighted by Gasteiger charge is -2.13. The van der Waals surface area contributed by atoms with Crippen LogP contribution in [0.1, 0.15) is 37.0 Å². The van der Waals surface area contributed by atoms with E-state index in [9.17, 15) is 13.2 Å². The molecule has 1 amide bonds. The Morgan fingerprint density at radius 3 is 2.85 bits per heavy atom. The van der Waals surface area contributed by atoms with Crippen LogP contribution in [0.3, 0.4) is 0 Å². The van der Waals surface area contributed by atoms with E-state index >= 15 is 0 Å². The smallest absolute Gasteiger partial charge is 0.235 e. The molecule has 1 aliphatic heterocycles. The van der Waals surface area contributed by atoms with Crippen molar-refractivity contribution < 1.29 is 13.2 Å². The molecule has 0 radical (unpaired) electrons. The normalized spacial score (nSPS) is 21.8. The largest absolute Gasteiger partial charge is 0.310 e. The van der Waals surface area contributed by atoms with Crippen LogP contribution < -0.4 is 5.32 Å². The first-order chi connectivity index (χ1) is 12.4. The quantitative estimate of drug-likeness (QED) is 0.730. The molecule has 1 aliphatic carbocycles. The van der Waals surface area contributed by atoms with E-state index < -0.39 is 9.84 Å². The Morgan fingerprint density at radius 2 is 2.15 bits per heavy atom.